The fraction of sp³-hybridized carbons (Fsp3) is 0.278. The Hall–Kier alpha value is -2.40. The molecule has 1 N–H and O–H groups in total. The molecule has 2 atom stereocenters. The van der Waals surface area contributed by atoms with Crippen LogP contribution < -0.4 is 5.56 Å². The van der Waals surface area contributed by atoms with Crippen LogP contribution in [0.4, 0.5) is 5.69 Å². The molecule has 0 radical (unpaired) electrons. The van der Waals surface area contributed by atoms with Crippen LogP contribution in [0.25, 0.3) is 0 Å². The lowest BCUT2D eigenvalue weighted by Crippen LogP contribution is -2.36. The molecular weight excluding hydrogens is 328 g/mol. The average molecular weight is 345 g/mol. The molecule has 0 fully saturated rings. The summed E-state index contributed by atoms with van der Waals surface area (Å²) in [5, 5.41) is 0.546. The summed E-state index contributed by atoms with van der Waals surface area (Å²) in [5.41, 5.74) is 2.18. The van der Waals surface area contributed by atoms with Crippen LogP contribution in [0.2, 0.25) is 5.02 Å². The predicted molar refractivity (Wildman–Crippen MR) is 93.2 cm³/mol. The van der Waals surface area contributed by atoms with E-state index in [2.05, 4.69) is 9.98 Å². The molecule has 0 saturated carbocycles. The molecule has 0 aliphatic carbocycles. The second kappa shape index (κ2) is 6.61. The van der Waals surface area contributed by atoms with Crippen molar-refractivity contribution in [2.45, 2.75) is 19.8 Å². The smallest absolute Gasteiger partial charge is 0.315 e. The van der Waals surface area contributed by atoms with Gasteiger partial charge in [0.2, 0.25) is 0 Å². The number of nitrogens with one attached hydrogen (secondary N) is 1. The summed E-state index contributed by atoms with van der Waals surface area (Å²) in [6.45, 7) is 3.80. The molecule has 1 aromatic carbocycles. The van der Waals surface area contributed by atoms with Crippen LogP contribution >= 0.6 is 11.6 Å². The molecule has 124 valence electrons. The molecule has 6 heteroatoms. The van der Waals surface area contributed by atoms with Gasteiger partial charge in [-0.25, -0.2) is 0 Å². The Morgan fingerprint density at radius 1 is 1.38 bits per heavy atom. The number of aromatic nitrogens is 1. The van der Waals surface area contributed by atoms with Crippen LogP contribution in [0.1, 0.15) is 30.9 Å². The zero-order valence-corrected chi connectivity index (χ0v) is 14.1. The number of aliphatic imine (C=N–C) groups is 1. The van der Waals surface area contributed by atoms with Crippen molar-refractivity contribution in [2.75, 3.05) is 6.61 Å². The van der Waals surface area contributed by atoms with E-state index in [1.54, 1.807) is 44.3 Å². The number of benzene rings is 1. The number of aromatic amines is 1. The van der Waals surface area contributed by atoms with Gasteiger partial charge in [-0.1, -0.05) is 23.7 Å². The molecule has 1 aliphatic heterocycles. The molecule has 24 heavy (non-hydrogen) atoms. The summed E-state index contributed by atoms with van der Waals surface area (Å²) in [6.07, 6.45) is 1.55. The minimum atomic E-state index is -0.653. The number of carbonyl (C=O) groups is 1. The van der Waals surface area contributed by atoms with Crippen LogP contribution in [-0.4, -0.2) is 23.3 Å². The van der Waals surface area contributed by atoms with Crippen LogP contribution in [0, 0.1) is 5.92 Å². The van der Waals surface area contributed by atoms with Gasteiger partial charge in [-0.05, 0) is 37.6 Å². The minimum absolute atomic E-state index is 0.261. The number of ether oxygens (including phenoxy) is 1. The highest BCUT2D eigenvalue weighted by Crippen LogP contribution is 2.41. The van der Waals surface area contributed by atoms with Crippen molar-refractivity contribution < 1.29 is 9.53 Å². The van der Waals surface area contributed by atoms with Crippen molar-refractivity contribution in [1.82, 2.24) is 4.98 Å². The Morgan fingerprint density at radius 3 is 2.88 bits per heavy atom. The molecule has 0 amide bonds. The first-order valence-electron chi connectivity index (χ1n) is 7.71. The number of rotatable bonds is 3. The summed E-state index contributed by atoms with van der Waals surface area (Å²) in [7, 11) is 0. The molecule has 2 heterocycles. The van der Waals surface area contributed by atoms with Crippen molar-refractivity contribution in [2.24, 2.45) is 10.9 Å². The fourth-order valence-corrected chi connectivity index (χ4v) is 3.34. The lowest BCUT2D eigenvalue weighted by Gasteiger charge is -2.30. The van der Waals surface area contributed by atoms with Crippen molar-refractivity contribution in [3.63, 3.8) is 0 Å². The molecule has 1 aromatic heterocycles. The highest BCUT2D eigenvalue weighted by Gasteiger charge is 2.40. The van der Waals surface area contributed by atoms with E-state index < -0.39 is 17.8 Å². The van der Waals surface area contributed by atoms with Gasteiger partial charge in [-0.2, -0.15) is 0 Å². The fourth-order valence-electron chi connectivity index (χ4n) is 3.14. The number of esters is 1. The molecule has 0 bridgehead atoms. The van der Waals surface area contributed by atoms with E-state index in [0.717, 1.165) is 5.56 Å². The van der Waals surface area contributed by atoms with Crippen LogP contribution in [0.3, 0.4) is 0 Å². The summed E-state index contributed by atoms with van der Waals surface area (Å²) in [6, 6.07) is 8.92. The highest BCUT2D eigenvalue weighted by molar-refractivity contribution is 6.30. The van der Waals surface area contributed by atoms with E-state index in [4.69, 9.17) is 16.3 Å². The molecule has 2 unspecified atom stereocenters. The number of hydrogen-bond acceptors (Lipinski definition) is 4. The number of H-pyrrole nitrogens is 1. The summed E-state index contributed by atoms with van der Waals surface area (Å²) < 4.78 is 5.22. The zero-order chi connectivity index (χ0) is 17.3. The summed E-state index contributed by atoms with van der Waals surface area (Å²) >= 11 is 6.12. The Morgan fingerprint density at radius 2 is 2.17 bits per heavy atom. The monoisotopic (exact) mass is 344 g/mol. The molecule has 5 nitrogen and oxygen atoms in total. The second-order valence-electron chi connectivity index (χ2n) is 5.62. The van der Waals surface area contributed by atoms with E-state index in [-0.39, 0.29) is 12.2 Å². The number of halogens is 1. The van der Waals surface area contributed by atoms with E-state index in [0.29, 0.717) is 22.0 Å². The molecule has 1 aliphatic rings. The molecule has 2 aromatic rings. The molecular formula is C18H17ClN2O3. The van der Waals surface area contributed by atoms with Gasteiger partial charge in [0.15, 0.2) is 0 Å². The Bertz CT molecular complexity index is 873. The number of carbonyl (C=O) groups excluding carboxylic acids is 1. The van der Waals surface area contributed by atoms with E-state index in [1.807, 2.05) is 6.07 Å². The van der Waals surface area contributed by atoms with Gasteiger partial charge < -0.3 is 9.72 Å². The third-order valence-corrected chi connectivity index (χ3v) is 4.35. The number of hydrogen-bond donors (Lipinski definition) is 1. The van der Waals surface area contributed by atoms with Gasteiger partial charge in [0.1, 0.15) is 5.92 Å². The summed E-state index contributed by atoms with van der Waals surface area (Å²) in [4.78, 5) is 32.1. The van der Waals surface area contributed by atoms with E-state index in [9.17, 15) is 9.59 Å². The van der Waals surface area contributed by atoms with Gasteiger partial charge >= 0.3 is 5.97 Å². The van der Waals surface area contributed by atoms with Crippen LogP contribution in [0.5, 0.6) is 0 Å². The zero-order valence-electron chi connectivity index (χ0n) is 13.4. The second-order valence-corrected chi connectivity index (χ2v) is 6.06. The first-order valence-corrected chi connectivity index (χ1v) is 8.09. The first kappa shape index (κ1) is 16.5. The largest absolute Gasteiger partial charge is 0.465 e. The third kappa shape index (κ3) is 2.87. The number of fused-ring (bicyclic) bond motifs is 1. The minimum Gasteiger partial charge on any atom is -0.465 e. The molecule has 3 rings (SSSR count). The van der Waals surface area contributed by atoms with Crippen molar-refractivity contribution >= 4 is 29.0 Å². The van der Waals surface area contributed by atoms with Gasteiger partial charge in [-0.3, -0.25) is 14.6 Å². The van der Waals surface area contributed by atoms with Crippen LogP contribution in [0.15, 0.2) is 46.3 Å². The maximum absolute atomic E-state index is 12.5. The lowest BCUT2D eigenvalue weighted by molar-refractivity contribution is -0.146. The average Bonchev–Trinajstić information content (AvgIpc) is 2.54. The van der Waals surface area contributed by atoms with Gasteiger partial charge in [0.25, 0.3) is 5.56 Å². The maximum Gasteiger partial charge on any atom is 0.315 e. The topological polar surface area (TPSA) is 71.5 Å². The lowest BCUT2D eigenvalue weighted by atomic mass is 9.76. The van der Waals surface area contributed by atoms with E-state index in [1.165, 1.54) is 0 Å². The number of nitrogens with zero attached hydrogens (tertiary/aromatic N) is 1. The van der Waals surface area contributed by atoms with Gasteiger partial charge in [0.05, 0.1) is 17.9 Å². The van der Waals surface area contributed by atoms with Gasteiger partial charge in [0, 0.05) is 22.8 Å². The molecule has 0 spiro atoms. The predicted octanol–water partition coefficient (Wildman–Crippen LogP) is 3.45. The Balaban J connectivity index is 2.24. The standard InChI is InChI=1S/C18H17ClN2O3/c1-3-24-18(23)14-10(2)21-13-7-8-20-17(22)16(13)15(14)11-5-4-6-12(19)9-11/h4-9,14-15H,3H2,1-2H3,(H,20,22). The van der Waals surface area contributed by atoms with Crippen molar-refractivity contribution in [1.29, 1.82) is 0 Å². The Labute approximate surface area is 144 Å². The normalized spacial score (nSPS) is 19.4. The number of pyridine rings is 1. The van der Waals surface area contributed by atoms with E-state index >= 15 is 0 Å². The quantitative estimate of drug-likeness (QED) is 0.867. The maximum atomic E-state index is 12.5. The molecule has 0 saturated heterocycles. The third-order valence-electron chi connectivity index (χ3n) is 4.12. The van der Waals surface area contributed by atoms with Crippen molar-refractivity contribution in [3.05, 3.63) is 63.0 Å². The first-order chi connectivity index (χ1) is 11.5. The summed E-state index contributed by atoms with van der Waals surface area (Å²) in [5.74, 6) is -1.53. The van der Waals surface area contributed by atoms with Crippen molar-refractivity contribution in [3.8, 4) is 0 Å². The van der Waals surface area contributed by atoms with Gasteiger partial charge in [-0.15, -0.1) is 0 Å². The Kier molecular flexibility index (Phi) is 4.53. The SMILES string of the molecule is CCOC(=O)C1C(C)=Nc2cc[nH]c(=O)c2C1c1cccc(Cl)c1. The highest BCUT2D eigenvalue weighted by atomic mass is 35.5. The van der Waals surface area contributed by atoms with Crippen LogP contribution in [-0.2, 0) is 9.53 Å².